The molecule has 1 aliphatic heterocycles. The van der Waals surface area contributed by atoms with Crippen LogP contribution in [0.3, 0.4) is 0 Å². The number of carbonyl (C=O) groups is 1. The van der Waals surface area contributed by atoms with Gasteiger partial charge in [0.25, 0.3) is 0 Å². The van der Waals surface area contributed by atoms with Crippen LogP contribution in [0.2, 0.25) is 5.15 Å². The maximum Gasteiger partial charge on any atom is 0.222 e. The van der Waals surface area contributed by atoms with E-state index in [1.807, 2.05) is 11.8 Å². The van der Waals surface area contributed by atoms with Gasteiger partial charge in [0.1, 0.15) is 17.6 Å². The van der Waals surface area contributed by atoms with Gasteiger partial charge in [0.2, 0.25) is 5.91 Å². The topological polar surface area (TPSA) is 81.3 Å². The minimum absolute atomic E-state index is 0.132. The van der Waals surface area contributed by atoms with Gasteiger partial charge in [-0.1, -0.05) is 11.6 Å². The molecule has 0 spiro atoms. The number of amides is 1. The minimum Gasteiger partial charge on any atom is -0.374 e. The molecular weight excluding hydrogens is 280 g/mol. The summed E-state index contributed by atoms with van der Waals surface area (Å²) in [6, 6.07) is 1.71. The zero-order valence-corrected chi connectivity index (χ0v) is 12.3. The number of nitrogens with two attached hydrogens (primary N) is 1. The van der Waals surface area contributed by atoms with E-state index in [1.54, 1.807) is 6.07 Å². The Bertz CT molecular complexity index is 483. The van der Waals surface area contributed by atoms with Crippen molar-refractivity contribution in [2.75, 3.05) is 24.6 Å². The second kappa shape index (κ2) is 6.85. The lowest BCUT2D eigenvalue weighted by atomic mass is 9.97. The lowest BCUT2D eigenvalue weighted by Gasteiger charge is -2.32. The third kappa shape index (κ3) is 3.80. The number of hydrogen-bond acceptors (Lipinski definition) is 5. The van der Waals surface area contributed by atoms with Crippen molar-refractivity contribution in [2.45, 2.75) is 26.4 Å². The number of piperidine rings is 1. The Morgan fingerprint density at radius 2 is 2.40 bits per heavy atom. The van der Waals surface area contributed by atoms with Gasteiger partial charge in [-0.25, -0.2) is 9.97 Å². The first-order valence-corrected chi connectivity index (χ1v) is 7.13. The van der Waals surface area contributed by atoms with Gasteiger partial charge in [-0.3, -0.25) is 4.79 Å². The molecule has 1 aliphatic rings. The fourth-order valence-corrected chi connectivity index (χ4v) is 2.48. The molecule has 1 aromatic heterocycles. The largest absolute Gasteiger partial charge is 0.374 e. The van der Waals surface area contributed by atoms with E-state index in [-0.39, 0.29) is 11.8 Å². The van der Waals surface area contributed by atoms with Crippen LogP contribution in [0.25, 0.3) is 0 Å². The van der Waals surface area contributed by atoms with Gasteiger partial charge >= 0.3 is 0 Å². The van der Waals surface area contributed by atoms with Crippen LogP contribution in [0.1, 0.15) is 25.6 Å². The quantitative estimate of drug-likeness (QED) is 0.830. The van der Waals surface area contributed by atoms with E-state index in [2.05, 4.69) is 9.97 Å². The van der Waals surface area contributed by atoms with E-state index in [9.17, 15) is 4.79 Å². The maximum absolute atomic E-state index is 11.3. The third-order valence-electron chi connectivity index (χ3n) is 3.31. The third-order valence-corrected chi connectivity index (χ3v) is 3.50. The number of nitrogens with zero attached hydrogens (tertiary/aromatic N) is 3. The van der Waals surface area contributed by atoms with Crippen LogP contribution >= 0.6 is 11.6 Å². The smallest absolute Gasteiger partial charge is 0.222 e. The Kier molecular flexibility index (Phi) is 5.14. The van der Waals surface area contributed by atoms with E-state index < -0.39 is 0 Å². The van der Waals surface area contributed by atoms with E-state index in [4.69, 9.17) is 22.1 Å². The summed E-state index contributed by atoms with van der Waals surface area (Å²) in [4.78, 5) is 21.9. The van der Waals surface area contributed by atoms with Crippen molar-refractivity contribution in [3.8, 4) is 0 Å². The van der Waals surface area contributed by atoms with Gasteiger partial charge in [0.05, 0.1) is 5.92 Å². The Morgan fingerprint density at radius 3 is 3.10 bits per heavy atom. The highest BCUT2D eigenvalue weighted by atomic mass is 35.5. The van der Waals surface area contributed by atoms with Crippen LogP contribution in [-0.4, -0.2) is 35.6 Å². The number of ether oxygens (including phenoxy) is 1. The van der Waals surface area contributed by atoms with Crippen LogP contribution in [0, 0.1) is 5.92 Å². The summed E-state index contributed by atoms with van der Waals surface area (Å²) in [6.45, 7) is 4.26. The van der Waals surface area contributed by atoms with Crippen molar-refractivity contribution in [1.29, 1.82) is 0 Å². The predicted molar refractivity (Wildman–Crippen MR) is 76.5 cm³/mol. The second-order valence-corrected chi connectivity index (χ2v) is 5.18. The highest BCUT2D eigenvalue weighted by molar-refractivity contribution is 6.29. The summed E-state index contributed by atoms with van der Waals surface area (Å²) in [5.41, 5.74) is 5.39. The molecule has 0 bridgehead atoms. The first-order valence-electron chi connectivity index (χ1n) is 6.75. The number of carbonyl (C=O) groups excluding carboxylic acids is 1. The molecular formula is C13H19ClN4O2. The molecule has 7 heteroatoms. The predicted octanol–water partition coefficient (Wildman–Crippen LogP) is 1.37. The number of hydrogen-bond donors (Lipinski definition) is 1. The molecule has 1 fully saturated rings. The average Bonchev–Trinajstić information content (AvgIpc) is 2.44. The van der Waals surface area contributed by atoms with E-state index in [0.717, 1.165) is 25.2 Å². The molecule has 110 valence electrons. The summed E-state index contributed by atoms with van der Waals surface area (Å²) in [7, 11) is 0. The molecule has 2 N–H and O–H groups in total. The van der Waals surface area contributed by atoms with Gasteiger partial charge < -0.3 is 15.4 Å². The first-order chi connectivity index (χ1) is 9.60. The van der Waals surface area contributed by atoms with Crippen molar-refractivity contribution >= 4 is 23.3 Å². The highest BCUT2D eigenvalue weighted by Gasteiger charge is 2.25. The fourth-order valence-electron chi connectivity index (χ4n) is 2.29. The zero-order valence-electron chi connectivity index (χ0n) is 11.5. The highest BCUT2D eigenvalue weighted by Crippen LogP contribution is 2.23. The number of primary amides is 1. The minimum atomic E-state index is -0.260. The molecule has 1 aromatic rings. The van der Waals surface area contributed by atoms with Gasteiger partial charge in [-0.15, -0.1) is 0 Å². The summed E-state index contributed by atoms with van der Waals surface area (Å²) in [5, 5.41) is 0.380. The van der Waals surface area contributed by atoms with E-state index in [1.165, 1.54) is 0 Å². The van der Waals surface area contributed by atoms with Crippen LogP contribution < -0.4 is 10.6 Å². The summed E-state index contributed by atoms with van der Waals surface area (Å²) in [6.07, 6.45) is 1.74. The molecule has 2 heterocycles. The van der Waals surface area contributed by atoms with Crippen LogP contribution in [0.15, 0.2) is 6.07 Å². The van der Waals surface area contributed by atoms with Gasteiger partial charge in [0.15, 0.2) is 5.82 Å². The lowest BCUT2D eigenvalue weighted by Crippen LogP contribution is -2.41. The Balaban J connectivity index is 2.14. The molecule has 1 saturated heterocycles. The normalized spacial score (nSPS) is 19.1. The number of aromatic nitrogens is 2. The number of anilines is 1. The molecule has 0 radical (unpaired) electrons. The van der Waals surface area contributed by atoms with Crippen molar-refractivity contribution in [1.82, 2.24) is 9.97 Å². The number of rotatable bonds is 5. The van der Waals surface area contributed by atoms with Crippen LogP contribution in [0.5, 0.6) is 0 Å². The monoisotopic (exact) mass is 298 g/mol. The van der Waals surface area contributed by atoms with Gasteiger partial charge in [0, 0.05) is 25.8 Å². The van der Waals surface area contributed by atoms with E-state index in [0.29, 0.717) is 30.7 Å². The Morgan fingerprint density at radius 1 is 1.60 bits per heavy atom. The summed E-state index contributed by atoms with van der Waals surface area (Å²) >= 11 is 6.02. The zero-order chi connectivity index (χ0) is 14.5. The van der Waals surface area contributed by atoms with Crippen LogP contribution in [-0.2, 0) is 16.1 Å². The van der Waals surface area contributed by atoms with E-state index >= 15 is 0 Å². The van der Waals surface area contributed by atoms with Crippen LogP contribution in [0.4, 0.5) is 5.82 Å². The summed E-state index contributed by atoms with van der Waals surface area (Å²) < 4.78 is 5.30. The SMILES string of the molecule is CCOCc1nc(Cl)cc(N2CCCC(C(N)=O)C2)n1. The second-order valence-electron chi connectivity index (χ2n) is 4.79. The molecule has 20 heavy (non-hydrogen) atoms. The average molecular weight is 299 g/mol. The van der Waals surface area contributed by atoms with Crippen molar-refractivity contribution in [2.24, 2.45) is 11.7 Å². The fraction of sp³-hybridized carbons (Fsp3) is 0.615. The van der Waals surface area contributed by atoms with Gasteiger partial charge in [-0.05, 0) is 19.8 Å². The first kappa shape index (κ1) is 15.0. The lowest BCUT2D eigenvalue weighted by molar-refractivity contribution is -0.122. The molecule has 1 unspecified atom stereocenters. The van der Waals surface area contributed by atoms with Gasteiger partial charge in [-0.2, -0.15) is 0 Å². The Hall–Kier alpha value is -1.40. The molecule has 1 amide bonds. The molecule has 1 atom stereocenters. The molecule has 2 rings (SSSR count). The van der Waals surface area contributed by atoms with Crippen molar-refractivity contribution in [3.63, 3.8) is 0 Å². The van der Waals surface area contributed by atoms with Crippen molar-refractivity contribution < 1.29 is 9.53 Å². The summed E-state index contributed by atoms with van der Waals surface area (Å²) in [5.74, 6) is 0.887. The molecule has 0 saturated carbocycles. The molecule has 6 nitrogen and oxygen atoms in total. The standard InChI is InChI=1S/C13H19ClN4O2/c1-2-20-8-11-16-10(14)6-12(17-11)18-5-3-4-9(7-18)13(15)19/h6,9H,2-5,7-8H2,1H3,(H2,15,19). The Labute approximate surface area is 123 Å². The molecule has 0 aliphatic carbocycles. The molecule has 0 aromatic carbocycles. The number of halogens is 1. The maximum atomic E-state index is 11.3. The van der Waals surface area contributed by atoms with Crippen molar-refractivity contribution in [3.05, 3.63) is 17.0 Å².